The molecule has 2 aromatic carbocycles. The second kappa shape index (κ2) is 10.5. The van der Waals surface area contributed by atoms with Crippen LogP contribution in [0.5, 0.6) is 11.5 Å². The molecule has 33 heavy (non-hydrogen) atoms. The molecule has 7 nitrogen and oxygen atoms in total. The van der Waals surface area contributed by atoms with Crippen molar-refractivity contribution in [2.24, 2.45) is 0 Å². The van der Waals surface area contributed by atoms with Crippen molar-refractivity contribution in [3.63, 3.8) is 0 Å². The second-order valence-corrected chi connectivity index (χ2v) is 8.05. The number of carbonyl (C=O) groups is 1. The van der Waals surface area contributed by atoms with Gasteiger partial charge in [-0.1, -0.05) is 29.4 Å². The molecule has 8 heteroatoms. The molecule has 0 spiro atoms. The first-order valence-corrected chi connectivity index (χ1v) is 11.3. The number of hydrogen-bond donors (Lipinski definition) is 0. The maximum absolute atomic E-state index is 13.8. The van der Waals surface area contributed by atoms with Crippen LogP contribution in [0.2, 0.25) is 0 Å². The third kappa shape index (κ3) is 5.69. The van der Waals surface area contributed by atoms with Gasteiger partial charge in [-0.25, -0.2) is 4.39 Å². The Bertz CT molecular complexity index is 1090. The van der Waals surface area contributed by atoms with E-state index < -0.39 is 0 Å². The molecule has 174 valence electrons. The molecule has 3 aromatic rings. The summed E-state index contributed by atoms with van der Waals surface area (Å²) in [6, 6.07) is 12.5. The van der Waals surface area contributed by atoms with Gasteiger partial charge >= 0.3 is 0 Å². The highest BCUT2D eigenvalue weighted by atomic mass is 19.1. The number of aryl methyl sites for hydroxylation is 2. The van der Waals surface area contributed by atoms with Crippen LogP contribution in [-0.2, 0) is 11.2 Å². The van der Waals surface area contributed by atoms with E-state index in [-0.39, 0.29) is 24.2 Å². The van der Waals surface area contributed by atoms with E-state index in [1.165, 1.54) is 6.07 Å². The Morgan fingerprint density at radius 2 is 1.94 bits per heavy atom. The smallest absolute Gasteiger partial charge is 0.227 e. The number of piperidine rings is 1. The molecule has 1 aromatic heterocycles. The van der Waals surface area contributed by atoms with E-state index in [9.17, 15) is 9.18 Å². The number of likely N-dealkylation sites (tertiary alicyclic amines) is 1. The first-order chi connectivity index (χ1) is 16.0. The number of carbonyl (C=O) groups excluding carboxylic acids is 1. The quantitative estimate of drug-likeness (QED) is 0.497. The standard InChI is InChI=1S/C25H28FN3O4/c1-3-31-21-6-4-5-7-22(21)32-19-12-14-29(15-13-19)24(30)11-10-23-27-25(28-33-23)18-9-8-17(2)20(26)16-18/h4-9,16,19H,3,10-15H2,1-2H3. The van der Waals surface area contributed by atoms with E-state index in [4.69, 9.17) is 14.0 Å². The molecule has 0 atom stereocenters. The molecule has 0 radical (unpaired) electrons. The summed E-state index contributed by atoms with van der Waals surface area (Å²) in [5.41, 5.74) is 1.10. The van der Waals surface area contributed by atoms with Gasteiger partial charge in [0, 0.05) is 44.3 Å². The van der Waals surface area contributed by atoms with Crippen molar-refractivity contribution in [3.05, 3.63) is 59.7 Å². The lowest BCUT2D eigenvalue weighted by molar-refractivity contribution is -0.133. The van der Waals surface area contributed by atoms with Crippen LogP contribution in [0.3, 0.4) is 0 Å². The van der Waals surface area contributed by atoms with E-state index in [1.807, 2.05) is 36.1 Å². The number of halogens is 1. The highest BCUT2D eigenvalue weighted by Gasteiger charge is 2.25. The summed E-state index contributed by atoms with van der Waals surface area (Å²) < 4.78 is 30.8. The number of amides is 1. The van der Waals surface area contributed by atoms with Gasteiger partial charge in [0.25, 0.3) is 0 Å². The minimum absolute atomic E-state index is 0.0454. The van der Waals surface area contributed by atoms with Gasteiger partial charge in [-0.2, -0.15) is 4.98 Å². The molecule has 1 amide bonds. The van der Waals surface area contributed by atoms with Gasteiger partial charge in [0.15, 0.2) is 11.5 Å². The third-order valence-electron chi connectivity index (χ3n) is 5.69. The summed E-state index contributed by atoms with van der Waals surface area (Å²) in [4.78, 5) is 18.8. The number of para-hydroxylation sites is 2. The van der Waals surface area contributed by atoms with E-state index in [1.54, 1.807) is 19.1 Å². The van der Waals surface area contributed by atoms with E-state index in [0.29, 0.717) is 49.0 Å². The molecule has 0 aliphatic carbocycles. The zero-order chi connectivity index (χ0) is 23.2. The summed E-state index contributed by atoms with van der Waals surface area (Å²) >= 11 is 0. The Labute approximate surface area is 192 Å². The first kappa shape index (κ1) is 22.8. The molecular weight excluding hydrogens is 425 g/mol. The van der Waals surface area contributed by atoms with Crippen molar-refractivity contribution in [1.29, 1.82) is 0 Å². The highest BCUT2D eigenvalue weighted by molar-refractivity contribution is 5.76. The fraction of sp³-hybridized carbons (Fsp3) is 0.400. The minimum Gasteiger partial charge on any atom is -0.490 e. The van der Waals surface area contributed by atoms with Gasteiger partial charge in [-0.3, -0.25) is 4.79 Å². The number of benzene rings is 2. The molecule has 1 saturated heterocycles. The monoisotopic (exact) mass is 453 g/mol. The van der Waals surface area contributed by atoms with Crippen LogP contribution in [0.15, 0.2) is 47.0 Å². The highest BCUT2D eigenvalue weighted by Crippen LogP contribution is 2.29. The van der Waals surface area contributed by atoms with Crippen LogP contribution < -0.4 is 9.47 Å². The average Bonchev–Trinajstić information content (AvgIpc) is 3.30. The number of ether oxygens (including phenoxy) is 2. The van der Waals surface area contributed by atoms with E-state index in [0.717, 1.165) is 24.3 Å². The van der Waals surface area contributed by atoms with Gasteiger partial charge in [-0.05, 0) is 37.6 Å². The molecule has 1 aliphatic rings. The molecule has 4 rings (SSSR count). The fourth-order valence-electron chi connectivity index (χ4n) is 3.80. The van der Waals surface area contributed by atoms with Gasteiger partial charge in [-0.15, -0.1) is 0 Å². The van der Waals surface area contributed by atoms with Crippen LogP contribution in [-0.4, -0.2) is 46.7 Å². The van der Waals surface area contributed by atoms with Crippen molar-refractivity contribution in [2.45, 2.75) is 45.6 Å². The maximum Gasteiger partial charge on any atom is 0.227 e. The predicted molar refractivity (Wildman–Crippen MR) is 121 cm³/mol. The molecular formula is C25H28FN3O4. The lowest BCUT2D eigenvalue weighted by Gasteiger charge is -2.32. The molecule has 0 N–H and O–H groups in total. The summed E-state index contributed by atoms with van der Waals surface area (Å²) in [6.07, 6.45) is 2.19. The molecule has 0 saturated carbocycles. The van der Waals surface area contributed by atoms with Crippen LogP contribution in [0.1, 0.15) is 37.6 Å². The van der Waals surface area contributed by atoms with Crippen LogP contribution in [0, 0.1) is 12.7 Å². The number of hydrogen-bond acceptors (Lipinski definition) is 6. The zero-order valence-corrected chi connectivity index (χ0v) is 18.9. The molecule has 1 aliphatic heterocycles. The number of nitrogens with zero attached hydrogens (tertiary/aromatic N) is 3. The van der Waals surface area contributed by atoms with Gasteiger partial charge in [0.1, 0.15) is 11.9 Å². The van der Waals surface area contributed by atoms with E-state index in [2.05, 4.69) is 10.1 Å². The summed E-state index contributed by atoms with van der Waals surface area (Å²) in [6.45, 7) is 5.49. The Kier molecular flexibility index (Phi) is 7.22. The summed E-state index contributed by atoms with van der Waals surface area (Å²) in [5.74, 6) is 1.90. The lowest BCUT2D eigenvalue weighted by atomic mass is 10.1. The van der Waals surface area contributed by atoms with Gasteiger partial charge in [0.2, 0.25) is 17.6 Å². The Morgan fingerprint density at radius 3 is 2.67 bits per heavy atom. The Hall–Kier alpha value is -3.42. The Morgan fingerprint density at radius 1 is 1.18 bits per heavy atom. The lowest BCUT2D eigenvalue weighted by Crippen LogP contribution is -2.41. The third-order valence-corrected chi connectivity index (χ3v) is 5.69. The molecule has 0 bridgehead atoms. The van der Waals surface area contributed by atoms with Crippen LogP contribution in [0.25, 0.3) is 11.4 Å². The van der Waals surface area contributed by atoms with Crippen molar-refractivity contribution in [3.8, 4) is 22.9 Å². The van der Waals surface area contributed by atoms with Gasteiger partial charge in [0.05, 0.1) is 6.61 Å². The van der Waals surface area contributed by atoms with Crippen molar-refractivity contribution in [2.75, 3.05) is 19.7 Å². The molecule has 0 unspecified atom stereocenters. The first-order valence-electron chi connectivity index (χ1n) is 11.3. The normalized spacial score (nSPS) is 14.3. The minimum atomic E-state index is -0.317. The predicted octanol–water partition coefficient (Wildman–Crippen LogP) is 4.59. The van der Waals surface area contributed by atoms with Crippen molar-refractivity contribution in [1.82, 2.24) is 15.0 Å². The largest absolute Gasteiger partial charge is 0.490 e. The number of aromatic nitrogens is 2. The fourth-order valence-corrected chi connectivity index (χ4v) is 3.80. The maximum atomic E-state index is 13.8. The van der Waals surface area contributed by atoms with Crippen LogP contribution in [0.4, 0.5) is 4.39 Å². The topological polar surface area (TPSA) is 77.7 Å². The van der Waals surface area contributed by atoms with Crippen molar-refractivity contribution >= 4 is 5.91 Å². The molecule has 2 heterocycles. The van der Waals surface area contributed by atoms with E-state index >= 15 is 0 Å². The SMILES string of the molecule is CCOc1ccccc1OC1CCN(C(=O)CCc2nc(-c3ccc(C)c(F)c3)no2)CC1. The number of rotatable bonds is 8. The average molecular weight is 454 g/mol. The summed E-state index contributed by atoms with van der Waals surface area (Å²) in [5, 5.41) is 3.91. The summed E-state index contributed by atoms with van der Waals surface area (Å²) in [7, 11) is 0. The van der Waals surface area contributed by atoms with Crippen LogP contribution >= 0.6 is 0 Å². The second-order valence-electron chi connectivity index (χ2n) is 8.05. The van der Waals surface area contributed by atoms with Crippen molar-refractivity contribution < 1.29 is 23.2 Å². The zero-order valence-electron chi connectivity index (χ0n) is 18.9. The molecule has 1 fully saturated rings. The van der Waals surface area contributed by atoms with Gasteiger partial charge < -0.3 is 18.9 Å². The Balaban J connectivity index is 1.25.